The number of carbonyl (C=O) groups excluding carboxylic acids is 1. The van der Waals surface area contributed by atoms with E-state index >= 15 is 0 Å². The highest BCUT2D eigenvalue weighted by atomic mass is 16.6. The van der Waals surface area contributed by atoms with Gasteiger partial charge in [-0.15, -0.1) is 0 Å². The summed E-state index contributed by atoms with van der Waals surface area (Å²) in [5, 5.41) is 11.6. The number of rotatable bonds is 4. The fourth-order valence-electron chi connectivity index (χ4n) is 2.14. The minimum atomic E-state index is -1.03. The highest BCUT2D eigenvalue weighted by Crippen LogP contribution is 2.16. The minimum absolute atomic E-state index is 0.321. The molecule has 116 valence electrons. The van der Waals surface area contributed by atoms with Crippen molar-refractivity contribution in [3.63, 3.8) is 0 Å². The maximum absolute atomic E-state index is 11.7. The summed E-state index contributed by atoms with van der Waals surface area (Å²) in [5.41, 5.74) is -0.631. The number of hydrogen-bond donors (Lipinski definition) is 2. The molecule has 0 aromatic rings. The molecule has 1 amide bonds. The Hall–Kier alpha value is -1.30. The van der Waals surface area contributed by atoms with Gasteiger partial charge >= 0.3 is 12.1 Å². The van der Waals surface area contributed by atoms with Gasteiger partial charge in [0.15, 0.2) is 0 Å². The van der Waals surface area contributed by atoms with Crippen LogP contribution in [0, 0.1) is 5.92 Å². The molecule has 0 unspecified atom stereocenters. The van der Waals surface area contributed by atoms with Crippen LogP contribution in [0.2, 0.25) is 0 Å². The van der Waals surface area contributed by atoms with Crippen molar-refractivity contribution >= 4 is 12.1 Å². The maximum Gasteiger partial charge on any atom is 0.408 e. The SMILES string of the molecule is CC1CCN(C[C@H](NC(=O)OC(C)(C)C)C(=O)O)CC1. The van der Waals surface area contributed by atoms with E-state index in [0.717, 1.165) is 25.9 Å². The molecule has 1 heterocycles. The molecular formula is C14H26N2O4. The number of nitrogens with zero attached hydrogens (tertiary/aromatic N) is 1. The number of likely N-dealkylation sites (tertiary alicyclic amines) is 1. The number of alkyl carbamates (subject to hydrolysis) is 1. The van der Waals surface area contributed by atoms with Gasteiger partial charge in [0.25, 0.3) is 0 Å². The number of ether oxygens (including phenoxy) is 1. The van der Waals surface area contributed by atoms with Crippen LogP contribution < -0.4 is 5.32 Å². The average Bonchev–Trinajstić information content (AvgIpc) is 2.28. The Morgan fingerprint density at radius 1 is 1.35 bits per heavy atom. The molecule has 1 aliphatic rings. The van der Waals surface area contributed by atoms with Gasteiger partial charge in [-0.2, -0.15) is 0 Å². The number of aliphatic carboxylic acids is 1. The van der Waals surface area contributed by atoms with Gasteiger partial charge in [0.2, 0.25) is 0 Å². The topological polar surface area (TPSA) is 78.9 Å². The molecule has 1 fully saturated rings. The predicted octanol–water partition coefficient (Wildman–Crippen LogP) is 1.70. The second-order valence-electron chi connectivity index (χ2n) is 6.52. The number of hydrogen-bond acceptors (Lipinski definition) is 4. The van der Waals surface area contributed by atoms with Gasteiger partial charge < -0.3 is 20.1 Å². The van der Waals surface area contributed by atoms with Crippen LogP contribution in [0.4, 0.5) is 4.79 Å². The van der Waals surface area contributed by atoms with E-state index in [4.69, 9.17) is 4.74 Å². The van der Waals surface area contributed by atoms with E-state index in [1.54, 1.807) is 20.8 Å². The first-order chi connectivity index (χ1) is 9.17. The van der Waals surface area contributed by atoms with E-state index in [9.17, 15) is 14.7 Å². The quantitative estimate of drug-likeness (QED) is 0.822. The van der Waals surface area contributed by atoms with Crippen LogP contribution in [-0.2, 0) is 9.53 Å². The second kappa shape index (κ2) is 6.92. The van der Waals surface area contributed by atoms with Crippen LogP contribution in [0.25, 0.3) is 0 Å². The Bertz CT molecular complexity index is 344. The zero-order chi connectivity index (χ0) is 15.3. The lowest BCUT2D eigenvalue weighted by molar-refractivity contribution is -0.140. The maximum atomic E-state index is 11.7. The highest BCUT2D eigenvalue weighted by Gasteiger charge is 2.27. The number of piperidine rings is 1. The average molecular weight is 286 g/mol. The van der Waals surface area contributed by atoms with E-state index in [1.807, 2.05) is 0 Å². The first-order valence-electron chi connectivity index (χ1n) is 7.12. The Morgan fingerprint density at radius 3 is 2.35 bits per heavy atom. The number of carboxylic acids is 1. The number of amides is 1. The van der Waals surface area contributed by atoms with Crippen LogP contribution in [0.3, 0.4) is 0 Å². The third-order valence-electron chi connectivity index (χ3n) is 3.31. The lowest BCUT2D eigenvalue weighted by Gasteiger charge is -2.32. The van der Waals surface area contributed by atoms with Gasteiger partial charge in [0, 0.05) is 6.54 Å². The second-order valence-corrected chi connectivity index (χ2v) is 6.52. The smallest absolute Gasteiger partial charge is 0.408 e. The van der Waals surface area contributed by atoms with Crippen molar-refractivity contribution in [2.75, 3.05) is 19.6 Å². The third kappa shape index (κ3) is 6.23. The fourth-order valence-corrected chi connectivity index (χ4v) is 2.14. The van der Waals surface area contributed by atoms with Gasteiger partial charge in [-0.05, 0) is 52.6 Å². The van der Waals surface area contributed by atoms with Crippen LogP contribution in [0.5, 0.6) is 0 Å². The molecule has 0 bridgehead atoms. The van der Waals surface area contributed by atoms with Crippen LogP contribution in [-0.4, -0.2) is 53.3 Å². The molecule has 6 nitrogen and oxygen atoms in total. The first kappa shape index (κ1) is 16.8. The highest BCUT2D eigenvalue weighted by molar-refractivity contribution is 5.80. The number of carbonyl (C=O) groups is 2. The zero-order valence-electron chi connectivity index (χ0n) is 12.8. The van der Waals surface area contributed by atoms with E-state index in [1.165, 1.54) is 0 Å². The van der Waals surface area contributed by atoms with E-state index in [0.29, 0.717) is 12.5 Å². The fraction of sp³-hybridized carbons (Fsp3) is 0.857. The van der Waals surface area contributed by atoms with Crippen LogP contribution >= 0.6 is 0 Å². The monoisotopic (exact) mass is 286 g/mol. The summed E-state index contributed by atoms with van der Waals surface area (Å²) in [4.78, 5) is 25.0. The molecular weight excluding hydrogens is 260 g/mol. The summed E-state index contributed by atoms with van der Waals surface area (Å²) in [6.07, 6.45) is 1.45. The molecule has 0 aliphatic carbocycles. The Kier molecular flexibility index (Phi) is 5.80. The molecule has 1 saturated heterocycles. The first-order valence-corrected chi connectivity index (χ1v) is 7.12. The molecule has 1 atom stereocenters. The summed E-state index contributed by atoms with van der Waals surface area (Å²) < 4.78 is 5.09. The molecule has 0 aromatic carbocycles. The predicted molar refractivity (Wildman–Crippen MR) is 75.6 cm³/mol. The molecule has 0 radical (unpaired) electrons. The van der Waals surface area contributed by atoms with Gasteiger partial charge in [-0.3, -0.25) is 0 Å². The Morgan fingerprint density at radius 2 is 1.90 bits per heavy atom. The molecule has 0 spiro atoms. The molecule has 1 rings (SSSR count). The summed E-state index contributed by atoms with van der Waals surface area (Å²) >= 11 is 0. The van der Waals surface area contributed by atoms with Gasteiger partial charge in [-0.25, -0.2) is 9.59 Å². The van der Waals surface area contributed by atoms with Crippen molar-refractivity contribution in [1.29, 1.82) is 0 Å². The van der Waals surface area contributed by atoms with Gasteiger partial charge in [0.05, 0.1) is 0 Å². The standard InChI is InChI=1S/C14H26N2O4/c1-10-5-7-16(8-6-10)9-11(12(17)18)15-13(19)20-14(2,3)4/h10-11H,5-9H2,1-4H3,(H,15,19)(H,17,18)/t11-/m0/s1. The zero-order valence-corrected chi connectivity index (χ0v) is 12.8. The molecule has 0 aromatic heterocycles. The normalized spacial score (nSPS) is 19.4. The number of nitrogens with one attached hydrogen (secondary N) is 1. The summed E-state index contributed by atoms with van der Waals surface area (Å²) in [7, 11) is 0. The van der Waals surface area contributed by atoms with E-state index in [-0.39, 0.29) is 0 Å². The van der Waals surface area contributed by atoms with Crippen molar-refractivity contribution in [1.82, 2.24) is 10.2 Å². The molecule has 20 heavy (non-hydrogen) atoms. The lowest BCUT2D eigenvalue weighted by Crippen LogP contribution is -2.51. The van der Waals surface area contributed by atoms with Crippen LogP contribution in [0.15, 0.2) is 0 Å². The number of carboxylic acid groups (broad SMARTS) is 1. The Balaban J connectivity index is 2.48. The summed E-state index contributed by atoms with van der Waals surface area (Å²) in [6.45, 7) is 9.51. The molecule has 6 heteroatoms. The molecule has 0 saturated carbocycles. The van der Waals surface area contributed by atoms with E-state index < -0.39 is 23.7 Å². The van der Waals surface area contributed by atoms with Crippen molar-refractivity contribution in [3.05, 3.63) is 0 Å². The molecule has 2 N–H and O–H groups in total. The third-order valence-corrected chi connectivity index (χ3v) is 3.31. The van der Waals surface area contributed by atoms with Crippen molar-refractivity contribution < 1.29 is 19.4 Å². The molecule has 1 aliphatic heterocycles. The van der Waals surface area contributed by atoms with Crippen molar-refractivity contribution in [2.24, 2.45) is 5.92 Å². The largest absolute Gasteiger partial charge is 0.480 e. The van der Waals surface area contributed by atoms with Crippen molar-refractivity contribution in [2.45, 2.75) is 52.2 Å². The summed E-state index contributed by atoms with van der Waals surface area (Å²) in [5.74, 6) is -0.345. The lowest BCUT2D eigenvalue weighted by atomic mass is 9.99. The summed E-state index contributed by atoms with van der Waals surface area (Å²) in [6, 6.07) is -0.932. The van der Waals surface area contributed by atoms with Crippen molar-refractivity contribution in [3.8, 4) is 0 Å². The van der Waals surface area contributed by atoms with Gasteiger partial charge in [0.1, 0.15) is 11.6 Å². The van der Waals surface area contributed by atoms with Crippen LogP contribution in [0.1, 0.15) is 40.5 Å². The minimum Gasteiger partial charge on any atom is -0.480 e. The van der Waals surface area contributed by atoms with E-state index in [2.05, 4.69) is 17.1 Å². The van der Waals surface area contributed by atoms with Gasteiger partial charge in [-0.1, -0.05) is 6.92 Å². The Labute approximate surface area is 120 Å².